The van der Waals surface area contributed by atoms with Crippen molar-refractivity contribution >= 4 is 5.69 Å². The molecule has 0 spiro atoms. The first-order valence-corrected chi connectivity index (χ1v) is 7.82. The molecule has 2 heteroatoms. The molecule has 1 N–H and O–H groups in total. The summed E-state index contributed by atoms with van der Waals surface area (Å²) in [5.74, 6) is 0.893. The first kappa shape index (κ1) is 15.4. The van der Waals surface area contributed by atoms with Crippen molar-refractivity contribution in [1.82, 2.24) is 0 Å². The van der Waals surface area contributed by atoms with Crippen LogP contribution >= 0.6 is 0 Å². The molecule has 2 rings (SSSR count). The van der Waals surface area contributed by atoms with Gasteiger partial charge in [-0.15, -0.1) is 0 Å². The van der Waals surface area contributed by atoms with Crippen LogP contribution in [0.25, 0.3) is 11.1 Å². The number of rotatable bonds is 8. The van der Waals surface area contributed by atoms with Crippen molar-refractivity contribution in [2.75, 3.05) is 19.0 Å². The summed E-state index contributed by atoms with van der Waals surface area (Å²) in [6, 6.07) is 16.8. The lowest BCUT2D eigenvalue weighted by Gasteiger charge is -2.08. The topological polar surface area (TPSA) is 21.3 Å². The molecule has 0 aromatic heterocycles. The molecule has 0 aliphatic heterocycles. The van der Waals surface area contributed by atoms with Crippen molar-refractivity contribution < 1.29 is 4.74 Å². The van der Waals surface area contributed by atoms with Crippen LogP contribution < -0.4 is 10.1 Å². The molecule has 0 fully saturated rings. The van der Waals surface area contributed by atoms with Gasteiger partial charge in [-0.3, -0.25) is 0 Å². The highest BCUT2D eigenvalue weighted by molar-refractivity contribution is 5.66. The molecule has 0 bridgehead atoms. The lowest BCUT2D eigenvalue weighted by molar-refractivity contribution is 0.415. The first-order valence-electron chi connectivity index (χ1n) is 7.82. The smallest absolute Gasteiger partial charge is 0.118 e. The van der Waals surface area contributed by atoms with E-state index >= 15 is 0 Å². The Morgan fingerprint density at radius 3 is 2.00 bits per heavy atom. The summed E-state index contributed by atoms with van der Waals surface area (Å²) in [5, 5.41) is 3.48. The maximum Gasteiger partial charge on any atom is 0.118 e. The van der Waals surface area contributed by atoms with E-state index in [2.05, 4.69) is 48.6 Å². The molecule has 2 nitrogen and oxygen atoms in total. The predicted octanol–water partition coefficient (Wildman–Crippen LogP) is 5.35. The van der Waals surface area contributed by atoms with Crippen molar-refractivity contribution in [3.8, 4) is 16.9 Å². The fourth-order valence-corrected chi connectivity index (χ4v) is 2.35. The molecule has 0 amide bonds. The molecule has 0 saturated carbocycles. The number of benzene rings is 2. The lowest BCUT2D eigenvalue weighted by atomic mass is 10.1. The summed E-state index contributed by atoms with van der Waals surface area (Å²) in [7, 11) is 1.69. The minimum Gasteiger partial charge on any atom is -0.497 e. The summed E-state index contributed by atoms with van der Waals surface area (Å²) >= 11 is 0. The zero-order valence-corrected chi connectivity index (χ0v) is 13.1. The van der Waals surface area contributed by atoms with Crippen LogP contribution in [0.5, 0.6) is 5.75 Å². The third kappa shape index (κ3) is 4.82. The van der Waals surface area contributed by atoms with Gasteiger partial charge in [-0.25, -0.2) is 0 Å². The number of unbranched alkanes of at least 4 members (excludes halogenated alkanes) is 3. The van der Waals surface area contributed by atoms with Crippen molar-refractivity contribution in [2.45, 2.75) is 32.6 Å². The van der Waals surface area contributed by atoms with Crippen LogP contribution in [0.3, 0.4) is 0 Å². The number of hydrogen-bond donors (Lipinski definition) is 1. The standard InChI is InChI=1S/C19H25NO/c1-3-4-5-6-15-20-18-11-7-16(8-12-18)17-9-13-19(21-2)14-10-17/h7-14,20H,3-6,15H2,1-2H3. The Bertz CT molecular complexity index is 516. The molecule has 0 heterocycles. The van der Waals surface area contributed by atoms with Crippen LogP contribution in [0.4, 0.5) is 5.69 Å². The van der Waals surface area contributed by atoms with Crippen LogP contribution in [0.1, 0.15) is 32.6 Å². The van der Waals surface area contributed by atoms with E-state index in [1.54, 1.807) is 7.11 Å². The van der Waals surface area contributed by atoms with E-state index in [-0.39, 0.29) is 0 Å². The number of ether oxygens (including phenoxy) is 1. The highest BCUT2D eigenvalue weighted by atomic mass is 16.5. The lowest BCUT2D eigenvalue weighted by Crippen LogP contribution is -2.00. The second-order valence-electron chi connectivity index (χ2n) is 5.29. The Morgan fingerprint density at radius 1 is 0.810 bits per heavy atom. The highest BCUT2D eigenvalue weighted by Gasteiger charge is 1.99. The summed E-state index contributed by atoms with van der Waals surface area (Å²) in [5.41, 5.74) is 3.64. The molecular formula is C19H25NO. The minimum absolute atomic E-state index is 0.893. The Balaban J connectivity index is 1.88. The van der Waals surface area contributed by atoms with Gasteiger partial charge in [-0.2, -0.15) is 0 Å². The van der Waals surface area contributed by atoms with E-state index in [0.29, 0.717) is 0 Å². The molecule has 2 aromatic carbocycles. The zero-order chi connectivity index (χ0) is 14.9. The fourth-order valence-electron chi connectivity index (χ4n) is 2.35. The van der Waals surface area contributed by atoms with Gasteiger partial charge in [0.25, 0.3) is 0 Å². The van der Waals surface area contributed by atoms with Crippen molar-refractivity contribution in [1.29, 1.82) is 0 Å². The Morgan fingerprint density at radius 2 is 1.43 bits per heavy atom. The summed E-state index contributed by atoms with van der Waals surface area (Å²) in [6.07, 6.45) is 5.18. The Hall–Kier alpha value is -1.96. The summed E-state index contributed by atoms with van der Waals surface area (Å²) in [4.78, 5) is 0. The van der Waals surface area contributed by atoms with E-state index in [1.165, 1.54) is 42.5 Å². The van der Waals surface area contributed by atoms with Gasteiger partial charge in [0, 0.05) is 12.2 Å². The van der Waals surface area contributed by atoms with Gasteiger partial charge in [0.15, 0.2) is 0 Å². The van der Waals surface area contributed by atoms with Gasteiger partial charge >= 0.3 is 0 Å². The molecule has 0 radical (unpaired) electrons. The minimum atomic E-state index is 0.893. The van der Waals surface area contributed by atoms with Crippen LogP contribution in [-0.4, -0.2) is 13.7 Å². The Kier molecular flexibility index (Phi) is 6.14. The first-order chi connectivity index (χ1) is 10.3. The number of anilines is 1. The zero-order valence-electron chi connectivity index (χ0n) is 13.1. The second kappa shape index (κ2) is 8.35. The van der Waals surface area contributed by atoms with Gasteiger partial charge in [-0.05, 0) is 41.8 Å². The van der Waals surface area contributed by atoms with E-state index in [0.717, 1.165) is 12.3 Å². The number of hydrogen-bond acceptors (Lipinski definition) is 2. The third-order valence-corrected chi connectivity index (χ3v) is 3.67. The molecular weight excluding hydrogens is 258 g/mol. The maximum absolute atomic E-state index is 5.19. The van der Waals surface area contributed by atoms with Crippen molar-refractivity contribution in [3.63, 3.8) is 0 Å². The van der Waals surface area contributed by atoms with Crippen molar-refractivity contribution in [3.05, 3.63) is 48.5 Å². The van der Waals surface area contributed by atoms with Gasteiger partial charge < -0.3 is 10.1 Å². The van der Waals surface area contributed by atoms with E-state index in [4.69, 9.17) is 4.74 Å². The number of methoxy groups -OCH3 is 1. The molecule has 21 heavy (non-hydrogen) atoms. The van der Waals surface area contributed by atoms with Gasteiger partial charge in [0.2, 0.25) is 0 Å². The molecule has 0 aliphatic carbocycles. The number of nitrogens with one attached hydrogen (secondary N) is 1. The SMILES string of the molecule is CCCCCCNc1ccc(-c2ccc(OC)cc2)cc1. The van der Waals surface area contributed by atoms with Gasteiger partial charge in [-0.1, -0.05) is 50.5 Å². The normalized spacial score (nSPS) is 10.4. The van der Waals surface area contributed by atoms with Crippen LogP contribution in [0, 0.1) is 0 Å². The summed E-state index contributed by atoms with van der Waals surface area (Å²) in [6.45, 7) is 3.30. The quantitative estimate of drug-likeness (QED) is 0.659. The van der Waals surface area contributed by atoms with Crippen LogP contribution in [0.15, 0.2) is 48.5 Å². The van der Waals surface area contributed by atoms with Gasteiger partial charge in [0.05, 0.1) is 7.11 Å². The molecule has 0 unspecified atom stereocenters. The van der Waals surface area contributed by atoms with Crippen LogP contribution in [-0.2, 0) is 0 Å². The molecule has 0 aliphatic rings. The largest absolute Gasteiger partial charge is 0.497 e. The van der Waals surface area contributed by atoms with E-state index in [1.807, 2.05) is 12.1 Å². The maximum atomic E-state index is 5.19. The summed E-state index contributed by atoms with van der Waals surface area (Å²) < 4.78 is 5.19. The average molecular weight is 283 g/mol. The van der Waals surface area contributed by atoms with Gasteiger partial charge in [0.1, 0.15) is 5.75 Å². The van der Waals surface area contributed by atoms with E-state index in [9.17, 15) is 0 Å². The van der Waals surface area contributed by atoms with Crippen LogP contribution in [0.2, 0.25) is 0 Å². The third-order valence-electron chi connectivity index (χ3n) is 3.67. The Labute approximate surface area is 128 Å². The predicted molar refractivity (Wildman–Crippen MR) is 91.1 cm³/mol. The molecule has 0 saturated heterocycles. The monoisotopic (exact) mass is 283 g/mol. The van der Waals surface area contributed by atoms with E-state index < -0.39 is 0 Å². The van der Waals surface area contributed by atoms with Crippen molar-refractivity contribution in [2.24, 2.45) is 0 Å². The average Bonchev–Trinajstić information content (AvgIpc) is 2.55. The highest BCUT2D eigenvalue weighted by Crippen LogP contribution is 2.23. The fraction of sp³-hybridized carbons (Fsp3) is 0.368. The second-order valence-corrected chi connectivity index (χ2v) is 5.29. The molecule has 0 atom stereocenters. The molecule has 2 aromatic rings. The molecule has 112 valence electrons.